The first-order chi connectivity index (χ1) is 9.12. The standard InChI is InChI=1S/C15H25NO3/c1-12(2)16(7-8-18-3)10-14-9-13(11-17)5-6-15(14)19-4/h5-6,9,12,17H,7-8,10-11H2,1-4H3. The first-order valence-electron chi connectivity index (χ1n) is 6.62. The molecule has 0 saturated heterocycles. The zero-order valence-electron chi connectivity index (χ0n) is 12.3. The molecule has 0 aromatic heterocycles. The van der Waals surface area contributed by atoms with E-state index in [1.807, 2.05) is 18.2 Å². The maximum Gasteiger partial charge on any atom is 0.123 e. The van der Waals surface area contributed by atoms with E-state index in [0.717, 1.165) is 30.0 Å². The van der Waals surface area contributed by atoms with Crippen molar-refractivity contribution in [1.29, 1.82) is 0 Å². The van der Waals surface area contributed by atoms with Gasteiger partial charge in [-0.05, 0) is 31.5 Å². The second-order valence-electron chi connectivity index (χ2n) is 4.86. The molecule has 0 radical (unpaired) electrons. The summed E-state index contributed by atoms with van der Waals surface area (Å²) in [7, 11) is 3.39. The van der Waals surface area contributed by atoms with Crippen molar-refractivity contribution in [2.75, 3.05) is 27.4 Å². The number of ether oxygens (including phenoxy) is 2. The Kier molecular flexibility index (Phi) is 6.84. The van der Waals surface area contributed by atoms with E-state index in [4.69, 9.17) is 9.47 Å². The molecule has 0 unspecified atom stereocenters. The largest absolute Gasteiger partial charge is 0.496 e. The highest BCUT2D eigenvalue weighted by atomic mass is 16.5. The first-order valence-corrected chi connectivity index (χ1v) is 6.62. The minimum Gasteiger partial charge on any atom is -0.496 e. The lowest BCUT2D eigenvalue weighted by Crippen LogP contribution is -2.33. The third-order valence-corrected chi connectivity index (χ3v) is 3.21. The molecule has 0 atom stereocenters. The number of rotatable bonds is 8. The number of nitrogens with zero attached hydrogens (tertiary/aromatic N) is 1. The number of methoxy groups -OCH3 is 2. The summed E-state index contributed by atoms with van der Waals surface area (Å²) in [5.41, 5.74) is 2.00. The zero-order valence-corrected chi connectivity index (χ0v) is 12.3. The first kappa shape index (κ1) is 16.0. The summed E-state index contributed by atoms with van der Waals surface area (Å²) in [6, 6.07) is 6.23. The van der Waals surface area contributed by atoms with Crippen LogP contribution in [-0.2, 0) is 17.9 Å². The lowest BCUT2D eigenvalue weighted by Gasteiger charge is -2.27. The van der Waals surface area contributed by atoms with E-state index in [1.165, 1.54) is 0 Å². The smallest absolute Gasteiger partial charge is 0.123 e. The molecule has 1 rings (SSSR count). The van der Waals surface area contributed by atoms with Crippen LogP contribution in [0.5, 0.6) is 5.75 Å². The molecule has 1 aromatic rings. The third-order valence-electron chi connectivity index (χ3n) is 3.21. The van der Waals surface area contributed by atoms with Crippen molar-refractivity contribution in [2.24, 2.45) is 0 Å². The lowest BCUT2D eigenvalue weighted by molar-refractivity contribution is 0.124. The van der Waals surface area contributed by atoms with Gasteiger partial charge in [-0.2, -0.15) is 0 Å². The molecule has 1 N–H and O–H groups in total. The molecule has 0 bridgehead atoms. The van der Waals surface area contributed by atoms with Crippen LogP contribution in [0.1, 0.15) is 25.0 Å². The van der Waals surface area contributed by atoms with Gasteiger partial charge >= 0.3 is 0 Å². The van der Waals surface area contributed by atoms with Crippen LogP contribution >= 0.6 is 0 Å². The van der Waals surface area contributed by atoms with E-state index in [9.17, 15) is 5.11 Å². The Labute approximate surface area is 115 Å². The summed E-state index contributed by atoms with van der Waals surface area (Å²) in [6.07, 6.45) is 0. The van der Waals surface area contributed by atoms with Gasteiger partial charge in [0.25, 0.3) is 0 Å². The average molecular weight is 267 g/mol. The zero-order chi connectivity index (χ0) is 14.3. The maximum atomic E-state index is 9.24. The van der Waals surface area contributed by atoms with Gasteiger partial charge in [-0.1, -0.05) is 6.07 Å². The Morgan fingerprint density at radius 2 is 2.00 bits per heavy atom. The fourth-order valence-corrected chi connectivity index (χ4v) is 2.00. The van der Waals surface area contributed by atoms with Crippen LogP contribution in [0, 0.1) is 0 Å². The summed E-state index contributed by atoms with van der Waals surface area (Å²) >= 11 is 0. The van der Waals surface area contributed by atoms with E-state index < -0.39 is 0 Å². The average Bonchev–Trinajstić information content (AvgIpc) is 2.42. The van der Waals surface area contributed by atoms with Gasteiger partial charge in [-0.25, -0.2) is 0 Å². The minimum atomic E-state index is 0.0523. The Balaban J connectivity index is 2.86. The number of aliphatic hydroxyl groups excluding tert-OH is 1. The Morgan fingerprint density at radius 3 is 2.53 bits per heavy atom. The SMILES string of the molecule is COCCN(Cc1cc(CO)ccc1OC)C(C)C. The minimum absolute atomic E-state index is 0.0523. The third kappa shape index (κ3) is 4.82. The Bertz CT molecular complexity index is 380. The predicted octanol–water partition coefficient (Wildman–Crippen LogP) is 2.04. The van der Waals surface area contributed by atoms with Crippen molar-refractivity contribution in [1.82, 2.24) is 4.90 Å². The summed E-state index contributed by atoms with van der Waals surface area (Å²) in [6.45, 7) is 6.76. The fourth-order valence-electron chi connectivity index (χ4n) is 2.00. The molecule has 0 heterocycles. The number of aliphatic hydroxyl groups is 1. The van der Waals surface area contributed by atoms with Gasteiger partial charge in [-0.15, -0.1) is 0 Å². The fraction of sp³-hybridized carbons (Fsp3) is 0.600. The molecule has 0 fully saturated rings. The molecular weight excluding hydrogens is 242 g/mol. The van der Waals surface area contributed by atoms with Crippen molar-refractivity contribution in [3.63, 3.8) is 0 Å². The van der Waals surface area contributed by atoms with Gasteiger partial charge in [0.2, 0.25) is 0 Å². The molecule has 19 heavy (non-hydrogen) atoms. The quantitative estimate of drug-likeness (QED) is 0.782. The van der Waals surface area contributed by atoms with Gasteiger partial charge in [0, 0.05) is 31.8 Å². The van der Waals surface area contributed by atoms with Crippen LogP contribution in [0.25, 0.3) is 0 Å². The van der Waals surface area contributed by atoms with Gasteiger partial charge in [0.15, 0.2) is 0 Å². The molecule has 0 spiro atoms. The van der Waals surface area contributed by atoms with Gasteiger partial charge < -0.3 is 14.6 Å². The second-order valence-corrected chi connectivity index (χ2v) is 4.86. The molecule has 1 aromatic carbocycles. The van der Waals surface area contributed by atoms with Crippen LogP contribution in [0.15, 0.2) is 18.2 Å². The van der Waals surface area contributed by atoms with Crippen LogP contribution in [0.4, 0.5) is 0 Å². The summed E-state index contributed by atoms with van der Waals surface area (Å²) < 4.78 is 10.5. The van der Waals surface area contributed by atoms with Crippen molar-refractivity contribution >= 4 is 0 Å². The van der Waals surface area contributed by atoms with E-state index in [0.29, 0.717) is 12.6 Å². The number of benzene rings is 1. The molecule has 0 saturated carbocycles. The highest BCUT2D eigenvalue weighted by Gasteiger charge is 2.13. The van der Waals surface area contributed by atoms with Crippen molar-refractivity contribution < 1.29 is 14.6 Å². The van der Waals surface area contributed by atoms with E-state index >= 15 is 0 Å². The molecule has 0 aliphatic heterocycles. The molecule has 0 aliphatic carbocycles. The second kappa shape index (κ2) is 8.15. The van der Waals surface area contributed by atoms with Crippen LogP contribution in [-0.4, -0.2) is 43.4 Å². The number of hydrogen-bond acceptors (Lipinski definition) is 4. The Morgan fingerprint density at radius 1 is 1.26 bits per heavy atom. The van der Waals surface area contributed by atoms with E-state index in [-0.39, 0.29) is 6.61 Å². The maximum absolute atomic E-state index is 9.24. The molecular formula is C15H25NO3. The van der Waals surface area contributed by atoms with Crippen molar-refractivity contribution in [3.8, 4) is 5.75 Å². The van der Waals surface area contributed by atoms with Gasteiger partial charge in [0.05, 0.1) is 20.3 Å². The highest BCUT2D eigenvalue weighted by molar-refractivity contribution is 5.37. The Hall–Kier alpha value is -1.10. The molecule has 108 valence electrons. The van der Waals surface area contributed by atoms with Gasteiger partial charge in [0.1, 0.15) is 5.75 Å². The van der Waals surface area contributed by atoms with E-state index in [1.54, 1.807) is 14.2 Å². The van der Waals surface area contributed by atoms with Crippen molar-refractivity contribution in [2.45, 2.75) is 33.0 Å². The van der Waals surface area contributed by atoms with Crippen LogP contribution in [0.2, 0.25) is 0 Å². The summed E-state index contributed by atoms with van der Waals surface area (Å²) in [4.78, 5) is 2.32. The monoisotopic (exact) mass is 267 g/mol. The molecule has 0 amide bonds. The van der Waals surface area contributed by atoms with Crippen LogP contribution < -0.4 is 4.74 Å². The molecule has 0 aliphatic rings. The molecule has 4 nitrogen and oxygen atoms in total. The molecule has 4 heteroatoms. The predicted molar refractivity (Wildman–Crippen MR) is 76.3 cm³/mol. The van der Waals surface area contributed by atoms with Crippen LogP contribution in [0.3, 0.4) is 0 Å². The summed E-state index contributed by atoms with van der Waals surface area (Å²) in [5.74, 6) is 0.861. The summed E-state index contributed by atoms with van der Waals surface area (Å²) in [5, 5.41) is 9.24. The lowest BCUT2D eigenvalue weighted by atomic mass is 10.1. The normalized spacial score (nSPS) is 11.3. The van der Waals surface area contributed by atoms with Gasteiger partial charge in [-0.3, -0.25) is 4.90 Å². The highest BCUT2D eigenvalue weighted by Crippen LogP contribution is 2.22. The topological polar surface area (TPSA) is 41.9 Å². The van der Waals surface area contributed by atoms with E-state index in [2.05, 4.69) is 18.7 Å². The van der Waals surface area contributed by atoms with Crippen molar-refractivity contribution in [3.05, 3.63) is 29.3 Å². The number of hydrogen-bond donors (Lipinski definition) is 1.